The van der Waals surface area contributed by atoms with Gasteiger partial charge in [-0.2, -0.15) is 0 Å². The second-order valence-electron chi connectivity index (χ2n) is 2.90. The normalized spacial score (nSPS) is 42.6. The van der Waals surface area contributed by atoms with E-state index >= 15 is 0 Å². The van der Waals surface area contributed by atoms with E-state index in [1.807, 2.05) is 0 Å². The van der Waals surface area contributed by atoms with Crippen molar-refractivity contribution in [2.45, 2.75) is 24.4 Å². The second-order valence-corrected chi connectivity index (χ2v) is 2.90. The maximum atomic E-state index is 9.23. The summed E-state index contributed by atoms with van der Waals surface area (Å²) < 4.78 is 0. The monoisotopic (exact) mass is 175 g/mol. The van der Waals surface area contributed by atoms with E-state index < -0.39 is 24.4 Å². The van der Waals surface area contributed by atoms with Gasteiger partial charge in [-0.1, -0.05) is 6.08 Å². The molecule has 1 aliphatic carbocycles. The molecule has 0 fully saturated rings. The first-order valence-electron chi connectivity index (χ1n) is 3.69. The minimum Gasteiger partial charge on any atom is -0.392 e. The van der Waals surface area contributed by atoms with Crippen LogP contribution in [0.2, 0.25) is 0 Å². The summed E-state index contributed by atoms with van der Waals surface area (Å²) in [5, 5.41) is 36.3. The van der Waals surface area contributed by atoms with E-state index in [1.54, 1.807) is 0 Å². The van der Waals surface area contributed by atoms with Gasteiger partial charge in [0.25, 0.3) is 0 Å². The van der Waals surface area contributed by atoms with Crippen molar-refractivity contribution in [3.8, 4) is 0 Å². The van der Waals surface area contributed by atoms with Crippen molar-refractivity contribution in [3.63, 3.8) is 0 Å². The molecule has 0 saturated heterocycles. The van der Waals surface area contributed by atoms with E-state index in [0.29, 0.717) is 0 Å². The molecule has 1 rings (SSSR count). The minimum absolute atomic E-state index is 0.250. The van der Waals surface area contributed by atoms with Crippen molar-refractivity contribution in [2.75, 3.05) is 6.61 Å². The number of rotatable bonds is 1. The summed E-state index contributed by atoms with van der Waals surface area (Å²) in [4.78, 5) is 0. The van der Waals surface area contributed by atoms with Gasteiger partial charge in [0.1, 0.15) is 18.3 Å². The first kappa shape index (κ1) is 9.63. The Morgan fingerprint density at radius 1 is 1.25 bits per heavy atom. The predicted molar refractivity (Wildman–Crippen MR) is 41.2 cm³/mol. The molecular formula is C7H13NO4. The summed E-state index contributed by atoms with van der Waals surface area (Å²) in [6.07, 6.45) is -2.34. The Bertz CT molecular complexity index is 194. The fraction of sp³-hybridized carbons (Fsp3) is 0.714. The zero-order valence-electron chi connectivity index (χ0n) is 6.46. The van der Waals surface area contributed by atoms with Crippen molar-refractivity contribution < 1.29 is 20.4 Å². The molecule has 0 bridgehead atoms. The predicted octanol–water partition coefficient (Wildman–Crippen LogP) is -2.67. The molecule has 1 aliphatic rings. The van der Waals surface area contributed by atoms with Crippen LogP contribution < -0.4 is 5.73 Å². The molecule has 5 heteroatoms. The quantitative estimate of drug-likeness (QED) is 0.279. The van der Waals surface area contributed by atoms with Crippen LogP contribution in [-0.4, -0.2) is 51.4 Å². The molecular weight excluding hydrogens is 162 g/mol. The molecule has 0 aromatic carbocycles. The van der Waals surface area contributed by atoms with Gasteiger partial charge >= 0.3 is 0 Å². The third-order valence-corrected chi connectivity index (χ3v) is 2.04. The van der Waals surface area contributed by atoms with Gasteiger partial charge < -0.3 is 26.2 Å². The molecule has 0 radical (unpaired) electrons. The van der Waals surface area contributed by atoms with Crippen LogP contribution in [0.1, 0.15) is 0 Å². The Kier molecular flexibility index (Phi) is 2.81. The first-order chi connectivity index (χ1) is 5.57. The van der Waals surface area contributed by atoms with Crippen molar-refractivity contribution in [2.24, 2.45) is 5.73 Å². The number of aliphatic hydroxyl groups is 4. The summed E-state index contributed by atoms with van der Waals surface area (Å²) in [5.74, 6) is 0. The van der Waals surface area contributed by atoms with Gasteiger partial charge in [0.05, 0.1) is 12.6 Å². The minimum atomic E-state index is -1.31. The fourth-order valence-electron chi connectivity index (χ4n) is 1.22. The van der Waals surface area contributed by atoms with Gasteiger partial charge in [-0.25, -0.2) is 0 Å². The molecule has 0 saturated carbocycles. The van der Waals surface area contributed by atoms with Crippen molar-refractivity contribution in [1.29, 1.82) is 0 Å². The lowest BCUT2D eigenvalue weighted by atomic mass is 9.89. The van der Waals surface area contributed by atoms with E-state index in [-0.39, 0.29) is 12.2 Å². The van der Waals surface area contributed by atoms with Gasteiger partial charge in [0.15, 0.2) is 0 Å². The molecule has 5 nitrogen and oxygen atoms in total. The summed E-state index contributed by atoms with van der Waals surface area (Å²) in [6.45, 7) is -0.362. The highest BCUT2D eigenvalue weighted by Crippen LogP contribution is 2.18. The Morgan fingerprint density at radius 2 is 1.83 bits per heavy atom. The van der Waals surface area contributed by atoms with E-state index in [1.165, 1.54) is 6.08 Å². The number of nitrogens with two attached hydrogens (primary N) is 1. The van der Waals surface area contributed by atoms with Crippen LogP contribution in [0.5, 0.6) is 0 Å². The van der Waals surface area contributed by atoms with Crippen molar-refractivity contribution in [3.05, 3.63) is 11.6 Å². The SMILES string of the molecule is N[C@@H]1C=C(CO)[C@H](O)[C@H](O)[C@H]1O. The highest BCUT2D eigenvalue weighted by atomic mass is 16.4. The molecule has 4 atom stereocenters. The summed E-state index contributed by atoms with van der Waals surface area (Å²) in [7, 11) is 0. The smallest absolute Gasteiger partial charge is 0.111 e. The van der Waals surface area contributed by atoms with Crippen LogP contribution in [0.4, 0.5) is 0 Å². The zero-order valence-corrected chi connectivity index (χ0v) is 6.46. The Labute approximate surface area is 69.8 Å². The molecule has 6 N–H and O–H groups in total. The summed E-state index contributed by atoms with van der Waals surface area (Å²) in [5.41, 5.74) is 5.64. The lowest BCUT2D eigenvalue weighted by Crippen LogP contribution is -2.52. The van der Waals surface area contributed by atoms with Crippen LogP contribution in [0.3, 0.4) is 0 Å². The van der Waals surface area contributed by atoms with Crippen molar-refractivity contribution >= 4 is 0 Å². The zero-order chi connectivity index (χ0) is 9.30. The van der Waals surface area contributed by atoms with Crippen molar-refractivity contribution in [1.82, 2.24) is 0 Å². The molecule has 0 aromatic rings. The molecule has 70 valence electrons. The molecule has 0 spiro atoms. The number of hydrogen-bond acceptors (Lipinski definition) is 5. The first-order valence-corrected chi connectivity index (χ1v) is 3.69. The van der Waals surface area contributed by atoms with Crippen LogP contribution in [0.25, 0.3) is 0 Å². The van der Waals surface area contributed by atoms with Crippen LogP contribution in [-0.2, 0) is 0 Å². The molecule has 0 aliphatic heterocycles. The van der Waals surface area contributed by atoms with E-state index in [0.717, 1.165) is 0 Å². The third-order valence-electron chi connectivity index (χ3n) is 2.04. The van der Waals surface area contributed by atoms with Gasteiger partial charge in [-0.3, -0.25) is 0 Å². The van der Waals surface area contributed by atoms with Gasteiger partial charge in [-0.15, -0.1) is 0 Å². The van der Waals surface area contributed by atoms with E-state index in [9.17, 15) is 10.2 Å². The van der Waals surface area contributed by atoms with E-state index in [4.69, 9.17) is 15.9 Å². The maximum absolute atomic E-state index is 9.23. The van der Waals surface area contributed by atoms with Gasteiger partial charge in [0, 0.05) is 0 Å². The number of aliphatic hydroxyl groups excluding tert-OH is 4. The molecule has 0 amide bonds. The highest BCUT2D eigenvalue weighted by Gasteiger charge is 2.34. The largest absolute Gasteiger partial charge is 0.392 e. The Balaban J connectivity index is 2.84. The van der Waals surface area contributed by atoms with Crippen LogP contribution >= 0.6 is 0 Å². The van der Waals surface area contributed by atoms with E-state index in [2.05, 4.69) is 0 Å². The second kappa shape index (κ2) is 3.51. The standard InChI is InChI=1S/C7H13NO4/c8-4-1-3(2-9)5(10)7(12)6(4)11/h1,4-7,9-12H,2,8H2/t4-,5+,6+,7+/m1/s1. The van der Waals surface area contributed by atoms with Crippen LogP contribution in [0, 0.1) is 0 Å². The topological polar surface area (TPSA) is 107 Å². The number of hydrogen-bond donors (Lipinski definition) is 5. The molecule has 0 unspecified atom stereocenters. The molecule has 12 heavy (non-hydrogen) atoms. The summed E-state index contributed by atoms with van der Waals surface area (Å²) in [6, 6.07) is -0.731. The highest BCUT2D eigenvalue weighted by molar-refractivity contribution is 5.20. The fourth-order valence-corrected chi connectivity index (χ4v) is 1.22. The van der Waals surface area contributed by atoms with Gasteiger partial charge in [-0.05, 0) is 5.57 Å². The Morgan fingerprint density at radius 3 is 2.33 bits per heavy atom. The molecule has 0 aromatic heterocycles. The van der Waals surface area contributed by atoms with Gasteiger partial charge in [0.2, 0.25) is 0 Å². The maximum Gasteiger partial charge on any atom is 0.111 e. The Hall–Kier alpha value is -0.460. The summed E-state index contributed by atoms with van der Waals surface area (Å²) >= 11 is 0. The lowest BCUT2D eigenvalue weighted by molar-refractivity contribution is -0.0596. The average molecular weight is 175 g/mol. The van der Waals surface area contributed by atoms with Crippen LogP contribution in [0.15, 0.2) is 11.6 Å². The lowest BCUT2D eigenvalue weighted by Gasteiger charge is -2.32. The average Bonchev–Trinajstić information content (AvgIpc) is 2.08. The third kappa shape index (κ3) is 1.50. The molecule has 0 heterocycles.